The third-order valence-electron chi connectivity index (χ3n) is 2.58. The van der Waals surface area contributed by atoms with E-state index in [0.717, 1.165) is 0 Å². The third kappa shape index (κ3) is 5.11. The second-order valence-corrected chi connectivity index (χ2v) is 4.73. The summed E-state index contributed by atoms with van der Waals surface area (Å²) in [6.07, 6.45) is 5.34. The van der Waals surface area contributed by atoms with E-state index in [1.54, 1.807) is 0 Å². The van der Waals surface area contributed by atoms with Gasteiger partial charge in [0.2, 0.25) is 0 Å². The zero-order valence-corrected chi connectivity index (χ0v) is 9.77. The van der Waals surface area contributed by atoms with E-state index in [-0.39, 0.29) is 18.9 Å². The van der Waals surface area contributed by atoms with Crippen LogP contribution < -0.4 is 18.9 Å². The quantitative estimate of drug-likeness (QED) is 0.332. The smallest absolute Gasteiger partial charge is 0.456 e. The van der Waals surface area contributed by atoms with Gasteiger partial charge in [-0.15, -0.1) is 0 Å². The van der Waals surface area contributed by atoms with E-state index in [1.807, 2.05) is 0 Å². The van der Waals surface area contributed by atoms with E-state index < -0.39 is 0 Å². The van der Waals surface area contributed by atoms with Crippen LogP contribution in [0.1, 0.15) is 46.5 Å². The molecule has 1 aliphatic rings. The minimum absolute atomic E-state index is 0. The minimum Gasteiger partial charge on any atom is -0.456 e. The summed E-state index contributed by atoms with van der Waals surface area (Å²) in [6, 6.07) is 0. The summed E-state index contributed by atoms with van der Waals surface area (Å²) in [4.78, 5) is 2.50. The van der Waals surface area contributed by atoms with Crippen LogP contribution in [0.25, 0.3) is 0 Å². The molecule has 1 fully saturated rings. The summed E-state index contributed by atoms with van der Waals surface area (Å²) in [6.45, 7) is 11.9. The fourth-order valence-corrected chi connectivity index (χ4v) is 1.79. The summed E-state index contributed by atoms with van der Waals surface area (Å²) >= 11 is 0. The van der Waals surface area contributed by atoms with Crippen LogP contribution in [0.4, 0.5) is 0 Å². The molecule has 0 N–H and O–H groups in total. The van der Waals surface area contributed by atoms with Crippen molar-refractivity contribution in [1.82, 2.24) is 4.90 Å². The van der Waals surface area contributed by atoms with Gasteiger partial charge in [-0.05, 0) is 19.5 Å². The fraction of sp³-hybridized carbons (Fsp3) is 0.909. The van der Waals surface area contributed by atoms with Gasteiger partial charge in [-0.25, -0.2) is 0 Å². The van der Waals surface area contributed by atoms with Crippen LogP contribution in [-0.2, 0) is 0 Å². The van der Waals surface area contributed by atoms with E-state index in [9.17, 15) is 0 Å². The molecule has 72 valence electrons. The molecule has 0 spiro atoms. The van der Waals surface area contributed by atoms with Gasteiger partial charge in [0.25, 0.3) is 0 Å². The molecule has 0 aromatic heterocycles. The molecule has 0 bridgehead atoms. The first kappa shape index (κ1) is 13.6. The maximum Gasteiger partial charge on any atom is 1.00 e. The molecule has 0 radical (unpaired) electrons. The van der Waals surface area contributed by atoms with E-state index in [1.165, 1.54) is 38.8 Å². The Hall–Kier alpha value is 0.557. The van der Waals surface area contributed by atoms with Crippen molar-refractivity contribution in [1.29, 1.82) is 0 Å². The molecule has 0 aromatic rings. The SMILES string of the molecule is CCCCCN1[CH-]CC(C)(C)C1.[Li+]. The second-order valence-electron chi connectivity index (χ2n) is 4.73. The van der Waals surface area contributed by atoms with Crippen molar-refractivity contribution in [2.75, 3.05) is 13.1 Å². The monoisotopic (exact) mass is 175 g/mol. The summed E-state index contributed by atoms with van der Waals surface area (Å²) in [5.74, 6) is 0. The number of likely N-dealkylation sites (tertiary alicyclic amines) is 1. The zero-order valence-electron chi connectivity index (χ0n) is 9.77. The van der Waals surface area contributed by atoms with E-state index in [2.05, 4.69) is 32.2 Å². The Morgan fingerprint density at radius 1 is 1.31 bits per heavy atom. The van der Waals surface area contributed by atoms with Crippen molar-refractivity contribution < 1.29 is 18.9 Å². The van der Waals surface area contributed by atoms with E-state index in [4.69, 9.17) is 0 Å². The van der Waals surface area contributed by atoms with Crippen LogP contribution >= 0.6 is 0 Å². The first-order valence-corrected chi connectivity index (χ1v) is 5.21. The molecule has 1 saturated heterocycles. The molecule has 13 heavy (non-hydrogen) atoms. The van der Waals surface area contributed by atoms with Gasteiger partial charge in [0.1, 0.15) is 0 Å². The van der Waals surface area contributed by atoms with Gasteiger partial charge in [0, 0.05) is 0 Å². The van der Waals surface area contributed by atoms with Gasteiger partial charge >= 0.3 is 18.9 Å². The van der Waals surface area contributed by atoms with Gasteiger partial charge < -0.3 is 4.90 Å². The summed E-state index contributed by atoms with van der Waals surface area (Å²) < 4.78 is 0. The maximum absolute atomic E-state index is 2.50. The first-order valence-electron chi connectivity index (χ1n) is 5.21. The molecule has 0 amide bonds. The Balaban J connectivity index is 0.00000144. The first-order chi connectivity index (χ1) is 5.64. The van der Waals surface area contributed by atoms with Crippen molar-refractivity contribution >= 4 is 0 Å². The summed E-state index contributed by atoms with van der Waals surface area (Å²) in [5.41, 5.74) is 0.534. The second kappa shape index (κ2) is 6.12. The third-order valence-corrected chi connectivity index (χ3v) is 2.58. The van der Waals surface area contributed by atoms with Crippen LogP contribution in [0.2, 0.25) is 0 Å². The normalized spacial score (nSPS) is 21.5. The molecule has 2 heteroatoms. The number of rotatable bonds is 4. The molecule has 1 heterocycles. The Morgan fingerprint density at radius 3 is 2.46 bits per heavy atom. The fourth-order valence-electron chi connectivity index (χ4n) is 1.79. The molecular weight excluding hydrogens is 153 g/mol. The maximum atomic E-state index is 2.50. The number of nitrogens with zero attached hydrogens (tertiary/aromatic N) is 1. The molecule has 0 unspecified atom stereocenters. The molecule has 0 atom stereocenters. The van der Waals surface area contributed by atoms with Crippen LogP contribution in [-0.4, -0.2) is 18.0 Å². The van der Waals surface area contributed by atoms with Gasteiger partial charge in [-0.1, -0.05) is 39.0 Å². The van der Waals surface area contributed by atoms with Crippen molar-refractivity contribution in [3.05, 3.63) is 6.54 Å². The summed E-state index contributed by atoms with van der Waals surface area (Å²) in [7, 11) is 0. The standard InChI is InChI=1S/C11H22N.Li/c1-4-5-6-8-12-9-7-11(2,3)10-12;/h9H,4-8,10H2,1-3H3;/q-1;+1. The molecule has 0 aromatic carbocycles. The van der Waals surface area contributed by atoms with E-state index >= 15 is 0 Å². The number of unbranched alkanes of at least 4 members (excludes halogenated alkanes) is 2. The topological polar surface area (TPSA) is 3.24 Å². The predicted molar refractivity (Wildman–Crippen MR) is 53.8 cm³/mol. The summed E-state index contributed by atoms with van der Waals surface area (Å²) in [5, 5.41) is 0. The Kier molecular flexibility index (Phi) is 6.38. The largest absolute Gasteiger partial charge is 1.00 e. The molecule has 0 aliphatic carbocycles. The molecule has 1 nitrogen and oxygen atoms in total. The van der Waals surface area contributed by atoms with Crippen LogP contribution in [0.15, 0.2) is 0 Å². The van der Waals surface area contributed by atoms with Crippen LogP contribution in [0, 0.1) is 12.0 Å². The minimum atomic E-state index is 0. The van der Waals surface area contributed by atoms with Crippen LogP contribution in [0.5, 0.6) is 0 Å². The Morgan fingerprint density at radius 2 is 2.00 bits per heavy atom. The molecule has 1 rings (SSSR count). The Bertz CT molecular complexity index is 134. The van der Waals surface area contributed by atoms with Crippen molar-refractivity contribution in [2.24, 2.45) is 5.41 Å². The van der Waals surface area contributed by atoms with Gasteiger partial charge in [-0.2, -0.15) is 6.42 Å². The molecule has 1 aliphatic heterocycles. The average Bonchev–Trinajstić information content (AvgIpc) is 2.31. The number of hydrogen-bond donors (Lipinski definition) is 0. The van der Waals surface area contributed by atoms with Crippen LogP contribution in [0.3, 0.4) is 0 Å². The van der Waals surface area contributed by atoms with E-state index in [0.29, 0.717) is 5.41 Å². The molecule has 0 saturated carbocycles. The van der Waals surface area contributed by atoms with Crippen molar-refractivity contribution in [3.8, 4) is 0 Å². The molecular formula is C11H22LiN. The van der Waals surface area contributed by atoms with Crippen molar-refractivity contribution in [3.63, 3.8) is 0 Å². The Labute approximate surface area is 95.4 Å². The van der Waals surface area contributed by atoms with Gasteiger partial charge in [-0.3, -0.25) is 6.54 Å². The predicted octanol–water partition coefficient (Wildman–Crippen LogP) is 0.0743. The van der Waals surface area contributed by atoms with Crippen molar-refractivity contribution in [2.45, 2.75) is 46.5 Å². The van der Waals surface area contributed by atoms with Gasteiger partial charge in [0.15, 0.2) is 0 Å². The average molecular weight is 175 g/mol. The number of hydrogen-bond acceptors (Lipinski definition) is 1. The zero-order chi connectivity index (χ0) is 9.03. The van der Waals surface area contributed by atoms with Gasteiger partial charge in [0.05, 0.1) is 0 Å².